The van der Waals surface area contributed by atoms with Crippen molar-refractivity contribution in [3.8, 4) is 11.4 Å². The fourth-order valence-electron chi connectivity index (χ4n) is 4.17. The molecule has 0 spiro atoms. The zero-order chi connectivity index (χ0) is 23.9. The molecule has 2 aromatic carbocycles. The van der Waals surface area contributed by atoms with Gasteiger partial charge < -0.3 is 14.3 Å². The van der Waals surface area contributed by atoms with Gasteiger partial charge in [0.25, 0.3) is 5.56 Å². The number of hydrogen-bond donors (Lipinski definition) is 1. The van der Waals surface area contributed by atoms with Crippen molar-refractivity contribution in [2.45, 2.75) is 58.1 Å². The standard InChI is InChI=1S/C27H30N4O3/c1-3-4-5-12-17-22(19(2)34-27(33)21-15-10-7-11-16-21)31-18-28-23-25(31)29-24(30-26(23)32)20-13-8-6-9-14-20/h6-11,13-16,18-19,22H,3-5,12,17H2,1-2H3,(H,29,30,32). The second-order valence-electron chi connectivity index (χ2n) is 8.50. The van der Waals surface area contributed by atoms with E-state index >= 15 is 0 Å². The molecule has 34 heavy (non-hydrogen) atoms. The molecule has 0 bridgehead atoms. The van der Waals surface area contributed by atoms with Gasteiger partial charge in [0.15, 0.2) is 11.2 Å². The number of aromatic amines is 1. The zero-order valence-electron chi connectivity index (χ0n) is 19.6. The maximum Gasteiger partial charge on any atom is 0.338 e. The van der Waals surface area contributed by atoms with Crippen LogP contribution in [0.25, 0.3) is 22.6 Å². The van der Waals surface area contributed by atoms with Gasteiger partial charge in [-0.15, -0.1) is 0 Å². The van der Waals surface area contributed by atoms with Gasteiger partial charge in [0, 0.05) is 5.56 Å². The molecule has 1 N–H and O–H groups in total. The summed E-state index contributed by atoms with van der Waals surface area (Å²) in [6.45, 7) is 4.06. The molecular formula is C27H30N4O3. The van der Waals surface area contributed by atoms with Gasteiger partial charge in [-0.2, -0.15) is 0 Å². The minimum Gasteiger partial charge on any atom is -0.457 e. The number of fused-ring (bicyclic) bond motifs is 1. The van der Waals surface area contributed by atoms with E-state index in [0.717, 1.165) is 37.7 Å². The molecule has 0 aliphatic heterocycles. The van der Waals surface area contributed by atoms with Crippen LogP contribution in [0.15, 0.2) is 71.8 Å². The molecule has 176 valence electrons. The maximum absolute atomic E-state index is 12.8. The summed E-state index contributed by atoms with van der Waals surface area (Å²) >= 11 is 0. The molecule has 2 unspecified atom stereocenters. The van der Waals surface area contributed by atoms with Crippen LogP contribution in [0.2, 0.25) is 0 Å². The van der Waals surface area contributed by atoms with Crippen LogP contribution in [0.4, 0.5) is 0 Å². The number of aromatic nitrogens is 4. The number of nitrogens with zero attached hydrogens (tertiary/aromatic N) is 3. The lowest BCUT2D eigenvalue weighted by Crippen LogP contribution is -2.27. The van der Waals surface area contributed by atoms with Crippen molar-refractivity contribution < 1.29 is 9.53 Å². The summed E-state index contributed by atoms with van der Waals surface area (Å²) < 4.78 is 7.77. The number of carbonyl (C=O) groups excluding carboxylic acids is 1. The first-order valence-electron chi connectivity index (χ1n) is 11.9. The van der Waals surface area contributed by atoms with Crippen molar-refractivity contribution in [3.63, 3.8) is 0 Å². The molecule has 7 heteroatoms. The lowest BCUT2D eigenvalue weighted by molar-refractivity contribution is 0.0202. The van der Waals surface area contributed by atoms with Gasteiger partial charge in [0.1, 0.15) is 11.9 Å². The molecule has 4 rings (SSSR count). The third-order valence-electron chi connectivity index (χ3n) is 6.03. The summed E-state index contributed by atoms with van der Waals surface area (Å²) in [6, 6.07) is 18.3. The fraction of sp³-hybridized carbons (Fsp3) is 0.333. The highest BCUT2D eigenvalue weighted by Crippen LogP contribution is 2.27. The number of ether oxygens (including phenoxy) is 1. The Labute approximate surface area is 198 Å². The van der Waals surface area contributed by atoms with E-state index in [0.29, 0.717) is 17.0 Å². The number of esters is 1. The highest BCUT2D eigenvalue weighted by molar-refractivity contribution is 5.89. The Kier molecular flexibility index (Phi) is 7.52. The highest BCUT2D eigenvalue weighted by Gasteiger charge is 2.26. The largest absolute Gasteiger partial charge is 0.457 e. The molecule has 0 aliphatic carbocycles. The number of carbonyl (C=O) groups is 1. The van der Waals surface area contributed by atoms with Gasteiger partial charge in [-0.3, -0.25) is 4.79 Å². The lowest BCUT2D eigenvalue weighted by Gasteiger charge is -2.26. The zero-order valence-corrected chi connectivity index (χ0v) is 19.6. The number of rotatable bonds is 10. The Balaban J connectivity index is 1.68. The molecule has 0 fully saturated rings. The molecule has 2 atom stereocenters. The summed E-state index contributed by atoms with van der Waals surface area (Å²) in [7, 11) is 0. The summed E-state index contributed by atoms with van der Waals surface area (Å²) in [5.41, 5.74) is 1.81. The average Bonchev–Trinajstić information content (AvgIpc) is 3.29. The number of benzene rings is 2. The Morgan fingerprint density at radius 2 is 1.74 bits per heavy atom. The summed E-state index contributed by atoms with van der Waals surface area (Å²) in [4.78, 5) is 37.5. The Hall–Kier alpha value is -3.74. The van der Waals surface area contributed by atoms with Gasteiger partial charge in [0.2, 0.25) is 0 Å². The monoisotopic (exact) mass is 458 g/mol. The second-order valence-corrected chi connectivity index (χ2v) is 8.50. The third kappa shape index (κ3) is 5.25. The first-order valence-corrected chi connectivity index (χ1v) is 11.9. The van der Waals surface area contributed by atoms with Crippen molar-refractivity contribution >= 4 is 17.1 Å². The molecule has 4 aromatic rings. The smallest absolute Gasteiger partial charge is 0.338 e. The van der Waals surface area contributed by atoms with Gasteiger partial charge in [-0.05, 0) is 25.5 Å². The lowest BCUT2D eigenvalue weighted by atomic mass is 10.0. The van der Waals surface area contributed by atoms with E-state index in [1.165, 1.54) is 0 Å². The molecule has 2 heterocycles. The number of hydrogen-bond acceptors (Lipinski definition) is 5. The average molecular weight is 459 g/mol. The Morgan fingerprint density at radius 1 is 1.03 bits per heavy atom. The highest BCUT2D eigenvalue weighted by atomic mass is 16.5. The predicted octanol–water partition coefficient (Wildman–Crippen LogP) is 5.54. The maximum atomic E-state index is 12.8. The predicted molar refractivity (Wildman–Crippen MR) is 133 cm³/mol. The van der Waals surface area contributed by atoms with Gasteiger partial charge in [-0.25, -0.2) is 14.8 Å². The first-order chi connectivity index (χ1) is 16.6. The molecule has 0 aliphatic rings. The number of unbranched alkanes of at least 4 members (excludes halogenated alkanes) is 3. The van der Waals surface area contributed by atoms with Gasteiger partial charge in [0.05, 0.1) is 17.9 Å². The second kappa shape index (κ2) is 10.9. The molecule has 0 amide bonds. The van der Waals surface area contributed by atoms with E-state index in [-0.39, 0.29) is 23.1 Å². The first kappa shape index (κ1) is 23.4. The van der Waals surface area contributed by atoms with E-state index in [4.69, 9.17) is 9.72 Å². The fourth-order valence-corrected chi connectivity index (χ4v) is 4.17. The van der Waals surface area contributed by atoms with Gasteiger partial charge in [-0.1, -0.05) is 81.1 Å². The summed E-state index contributed by atoms with van der Waals surface area (Å²) in [6.07, 6.45) is 6.32. The van der Waals surface area contributed by atoms with Crippen molar-refractivity contribution in [3.05, 3.63) is 82.9 Å². The summed E-state index contributed by atoms with van der Waals surface area (Å²) in [5, 5.41) is 0. The SMILES string of the molecule is CCCCCCC(C(C)OC(=O)c1ccccc1)n1cnc2c(=O)[nH]c(-c3ccccc3)nc21. The molecule has 2 aromatic heterocycles. The molecule has 7 nitrogen and oxygen atoms in total. The third-order valence-corrected chi connectivity index (χ3v) is 6.03. The van der Waals surface area contributed by atoms with Crippen molar-refractivity contribution in [2.24, 2.45) is 0 Å². The van der Waals surface area contributed by atoms with Crippen LogP contribution in [0.5, 0.6) is 0 Å². The Morgan fingerprint density at radius 3 is 2.44 bits per heavy atom. The van der Waals surface area contributed by atoms with Crippen molar-refractivity contribution in [1.29, 1.82) is 0 Å². The quantitative estimate of drug-likeness (QED) is 0.249. The van der Waals surface area contributed by atoms with Crippen LogP contribution in [-0.2, 0) is 4.74 Å². The van der Waals surface area contributed by atoms with Gasteiger partial charge >= 0.3 is 5.97 Å². The van der Waals surface area contributed by atoms with E-state index in [2.05, 4.69) is 16.9 Å². The van der Waals surface area contributed by atoms with Crippen LogP contribution in [0, 0.1) is 0 Å². The van der Waals surface area contributed by atoms with Crippen LogP contribution in [0.1, 0.15) is 62.4 Å². The molecule has 0 saturated carbocycles. The van der Waals surface area contributed by atoms with Crippen LogP contribution >= 0.6 is 0 Å². The van der Waals surface area contributed by atoms with E-state index in [9.17, 15) is 9.59 Å². The minimum atomic E-state index is -0.437. The summed E-state index contributed by atoms with van der Waals surface area (Å²) in [5.74, 6) is 0.116. The molecule has 0 saturated heterocycles. The molecule has 0 radical (unpaired) electrons. The normalized spacial score (nSPS) is 13.0. The topological polar surface area (TPSA) is 89.9 Å². The molecular weight excluding hydrogens is 428 g/mol. The van der Waals surface area contributed by atoms with Crippen molar-refractivity contribution in [1.82, 2.24) is 19.5 Å². The van der Waals surface area contributed by atoms with Crippen molar-refractivity contribution in [2.75, 3.05) is 0 Å². The van der Waals surface area contributed by atoms with Crippen LogP contribution in [0.3, 0.4) is 0 Å². The number of imidazole rings is 1. The van der Waals surface area contributed by atoms with E-state index in [1.807, 2.05) is 60.0 Å². The number of nitrogens with one attached hydrogen (secondary N) is 1. The minimum absolute atomic E-state index is 0.201. The Bertz CT molecular complexity index is 1280. The van der Waals surface area contributed by atoms with Crippen LogP contribution in [-0.4, -0.2) is 31.6 Å². The van der Waals surface area contributed by atoms with E-state index < -0.39 is 6.10 Å². The number of H-pyrrole nitrogens is 1. The van der Waals surface area contributed by atoms with E-state index in [1.54, 1.807) is 18.5 Å². The van der Waals surface area contributed by atoms with Crippen LogP contribution < -0.4 is 5.56 Å².